The third-order valence-corrected chi connectivity index (χ3v) is 3.79. The normalized spacial score (nSPS) is 10.3. The molecule has 1 N–H and O–H groups in total. The van der Waals surface area contributed by atoms with Gasteiger partial charge in [-0.25, -0.2) is 9.37 Å². The van der Waals surface area contributed by atoms with Crippen molar-refractivity contribution in [3.8, 4) is 0 Å². The second-order valence-electron chi connectivity index (χ2n) is 3.35. The zero-order valence-electron chi connectivity index (χ0n) is 8.89. The molecule has 2 rings (SSSR count). The predicted molar refractivity (Wildman–Crippen MR) is 70.2 cm³/mol. The smallest absolute Gasteiger partial charge is 0.345 e. The van der Waals surface area contributed by atoms with Gasteiger partial charge >= 0.3 is 5.00 Å². The Labute approximate surface area is 114 Å². The molecule has 0 aliphatic rings. The molecular weight excluding hydrogens is 325 g/mol. The maximum Gasteiger partial charge on any atom is 0.345 e. The van der Waals surface area contributed by atoms with Crippen LogP contribution in [-0.2, 0) is 6.54 Å². The maximum absolute atomic E-state index is 13.0. The molecule has 0 radical (unpaired) electrons. The highest BCUT2D eigenvalue weighted by Crippen LogP contribution is 2.26. The van der Waals surface area contributed by atoms with Crippen LogP contribution >= 0.6 is 27.3 Å². The van der Waals surface area contributed by atoms with E-state index in [0.717, 1.165) is 15.8 Å². The molecule has 1 heterocycles. The molecule has 94 valence electrons. The van der Waals surface area contributed by atoms with Crippen molar-refractivity contribution in [1.29, 1.82) is 0 Å². The van der Waals surface area contributed by atoms with Crippen LogP contribution in [-0.4, -0.2) is 9.91 Å². The Morgan fingerprint density at radius 3 is 3.00 bits per heavy atom. The van der Waals surface area contributed by atoms with E-state index in [2.05, 4.69) is 26.2 Å². The van der Waals surface area contributed by atoms with Crippen molar-refractivity contribution >= 4 is 37.4 Å². The van der Waals surface area contributed by atoms with Gasteiger partial charge < -0.3 is 5.32 Å². The van der Waals surface area contributed by atoms with Gasteiger partial charge in [0.05, 0.1) is 4.92 Å². The molecule has 0 atom stereocenters. The zero-order chi connectivity index (χ0) is 13.1. The molecule has 2 aromatic rings. The Bertz CT molecular complexity index is 590. The van der Waals surface area contributed by atoms with Gasteiger partial charge in [0.1, 0.15) is 12.0 Å². The average molecular weight is 332 g/mol. The van der Waals surface area contributed by atoms with Crippen LogP contribution in [0.25, 0.3) is 0 Å². The third-order valence-electron chi connectivity index (χ3n) is 2.11. The van der Waals surface area contributed by atoms with Crippen molar-refractivity contribution in [2.45, 2.75) is 6.54 Å². The van der Waals surface area contributed by atoms with Crippen LogP contribution in [0.4, 0.5) is 14.5 Å². The maximum atomic E-state index is 13.0. The fourth-order valence-electron chi connectivity index (χ4n) is 1.28. The number of aromatic nitrogens is 1. The van der Waals surface area contributed by atoms with Gasteiger partial charge in [0.2, 0.25) is 0 Å². The molecule has 8 heteroatoms. The largest absolute Gasteiger partial charge is 0.357 e. The van der Waals surface area contributed by atoms with Gasteiger partial charge in [-0.15, -0.1) is 0 Å². The molecule has 1 aromatic carbocycles. The number of hydrogen-bond donors (Lipinski definition) is 1. The summed E-state index contributed by atoms with van der Waals surface area (Å²) < 4.78 is 13.8. The van der Waals surface area contributed by atoms with Crippen molar-refractivity contribution in [3.05, 3.63) is 50.4 Å². The third kappa shape index (κ3) is 3.02. The first-order valence-corrected chi connectivity index (χ1v) is 6.45. The number of nitro groups is 1. The van der Waals surface area contributed by atoms with Gasteiger partial charge in [-0.1, -0.05) is 15.9 Å². The first-order valence-electron chi connectivity index (χ1n) is 4.84. The Morgan fingerprint density at radius 1 is 1.56 bits per heavy atom. The lowest BCUT2D eigenvalue weighted by atomic mass is 10.2. The van der Waals surface area contributed by atoms with E-state index in [1.165, 1.54) is 18.3 Å². The van der Waals surface area contributed by atoms with E-state index in [4.69, 9.17) is 0 Å². The first kappa shape index (κ1) is 12.9. The van der Waals surface area contributed by atoms with Crippen molar-refractivity contribution in [2.24, 2.45) is 0 Å². The zero-order valence-corrected chi connectivity index (χ0v) is 11.3. The number of anilines is 1. The van der Waals surface area contributed by atoms with Crippen LogP contribution in [0.15, 0.2) is 28.9 Å². The quantitative estimate of drug-likeness (QED) is 0.687. The van der Waals surface area contributed by atoms with Crippen LogP contribution in [0, 0.1) is 15.9 Å². The molecule has 0 spiro atoms. The fraction of sp³-hybridized carbons (Fsp3) is 0.100. The molecule has 18 heavy (non-hydrogen) atoms. The lowest BCUT2D eigenvalue weighted by Crippen LogP contribution is -2.00. The molecule has 0 aliphatic heterocycles. The molecule has 0 amide bonds. The minimum Gasteiger partial charge on any atom is -0.357 e. The second kappa shape index (κ2) is 5.40. The number of thiazole rings is 1. The van der Waals surface area contributed by atoms with E-state index in [9.17, 15) is 14.5 Å². The minimum atomic E-state index is -0.499. The highest BCUT2D eigenvalue weighted by molar-refractivity contribution is 9.10. The Kier molecular flexibility index (Phi) is 3.87. The van der Waals surface area contributed by atoms with Gasteiger partial charge in [0.25, 0.3) is 0 Å². The number of benzene rings is 1. The van der Waals surface area contributed by atoms with Gasteiger partial charge in [-0.05, 0) is 35.1 Å². The molecular formula is C10H7BrFN3O2S. The Morgan fingerprint density at radius 2 is 2.33 bits per heavy atom. The standard InChI is InChI=1S/C10H7BrFN3O2S/c11-8-2-1-7(12)3-6(8)4-13-10-14-5-9(18-10)15(16)17/h1-3,5H,4H2,(H,13,14). The molecule has 1 aromatic heterocycles. The summed E-state index contributed by atoms with van der Waals surface area (Å²) in [5.41, 5.74) is 0.716. The summed E-state index contributed by atoms with van der Waals surface area (Å²) in [6.07, 6.45) is 1.19. The first-order chi connectivity index (χ1) is 8.56. The van der Waals surface area contributed by atoms with Gasteiger partial charge in [0.15, 0.2) is 5.13 Å². The van der Waals surface area contributed by atoms with Gasteiger partial charge in [0, 0.05) is 11.0 Å². The van der Waals surface area contributed by atoms with Crippen molar-refractivity contribution in [3.63, 3.8) is 0 Å². The minimum absolute atomic E-state index is 0.0317. The van der Waals surface area contributed by atoms with E-state index < -0.39 is 4.92 Å². The molecule has 0 bridgehead atoms. The molecule has 5 nitrogen and oxygen atoms in total. The van der Waals surface area contributed by atoms with E-state index in [1.807, 2.05) is 0 Å². The number of nitrogens with one attached hydrogen (secondary N) is 1. The monoisotopic (exact) mass is 331 g/mol. The van der Waals surface area contributed by atoms with E-state index in [-0.39, 0.29) is 10.8 Å². The van der Waals surface area contributed by atoms with E-state index in [0.29, 0.717) is 17.2 Å². The summed E-state index contributed by atoms with van der Waals surface area (Å²) in [5.74, 6) is -0.333. The van der Waals surface area contributed by atoms with Crippen LogP contribution in [0.5, 0.6) is 0 Å². The fourth-order valence-corrected chi connectivity index (χ4v) is 2.30. The average Bonchev–Trinajstić information content (AvgIpc) is 2.79. The SMILES string of the molecule is O=[N+]([O-])c1cnc(NCc2cc(F)ccc2Br)s1. The lowest BCUT2D eigenvalue weighted by molar-refractivity contribution is -0.380. The van der Waals surface area contributed by atoms with Crippen LogP contribution < -0.4 is 5.32 Å². The summed E-state index contributed by atoms with van der Waals surface area (Å²) >= 11 is 4.24. The number of halogens is 2. The van der Waals surface area contributed by atoms with E-state index >= 15 is 0 Å². The second-order valence-corrected chi connectivity index (χ2v) is 5.21. The molecule has 0 aliphatic carbocycles. The van der Waals surface area contributed by atoms with Crippen LogP contribution in [0.2, 0.25) is 0 Å². The summed E-state index contributed by atoms with van der Waals surface area (Å²) in [4.78, 5) is 13.8. The van der Waals surface area contributed by atoms with Crippen LogP contribution in [0.3, 0.4) is 0 Å². The van der Waals surface area contributed by atoms with Gasteiger partial charge in [-0.3, -0.25) is 10.1 Å². The highest BCUT2D eigenvalue weighted by atomic mass is 79.9. The molecule has 0 saturated carbocycles. The summed E-state index contributed by atoms with van der Waals surface area (Å²) in [5, 5.41) is 13.8. The van der Waals surface area contributed by atoms with Crippen molar-refractivity contribution < 1.29 is 9.31 Å². The highest BCUT2D eigenvalue weighted by Gasteiger charge is 2.11. The predicted octanol–water partition coefficient (Wildman–Crippen LogP) is 3.57. The summed E-state index contributed by atoms with van der Waals surface area (Å²) in [7, 11) is 0. The number of rotatable bonds is 4. The van der Waals surface area contributed by atoms with E-state index in [1.54, 1.807) is 6.07 Å². The van der Waals surface area contributed by atoms with Gasteiger partial charge in [-0.2, -0.15) is 0 Å². The molecule has 0 fully saturated rings. The summed E-state index contributed by atoms with van der Waals surface area (Å²) in [6.45, 7) is 0.336. The summed E-state index contributed by atoms with van der Waals surface area (Å²) in [6, 6.07) is 4.34. The van der Waals surface area contributed by atoms with Crippen LogP contribution in [0.1, 0.15) is 5.56 Å². The number of hydrogen-bond acceptors (Lipinski definition) is 5. The Balaban J connectivity index is 2.06. The molecule has 0 unspecified atom stereocenters. The molecule has 0 saturated heterocycles. The topological polar surface area (TPSA) is 68.1 Å². The Hall–Kier alpha value is -1.54. The number of nitrogens with zero attached hydrogens (tertiary/aromatic N) is 2. The van der Waals surface area contributed by atoms with Crippen molar-refractivity contribution in [1.82, 2.24) is 4.98 Å². The lowest BCUT2D eigenvalue weighted by Gasteiger charge is -2.05. The van der Waals surface area contributed by atoms with Crippen molar-refractivity contribution in [2.75, 3.05) is 5.32 Å².